The van der Waals surface area contributed by atoms with E-state index in [-0.39, 0.29) is 5.78 Å². The second kappa shape index (κ2) is 6.28. The number of Topliss-reactive ketones (excluding diaryl/α,β-unsaturated/α-hetero) is 1. The second-order valence-corrected chi connectivity index (χ2v) is 5.20. The van der Waals surface area contributed by atoms with Gasteiger partial charge in [0.25, 0.3) is 0 Å². The lowest BCUT2D eigenvalue weighted by molar-refractivity contribution is -0.142. The largest absolute Gasteiger partial charge is 0.370 e. The van der Waals surface area contributed by atoms with Crippen LogP contribution < -0.4 is 0 Å². The Labute approximate surface area is 114 Å². The fourth-order valence-electron chi connectivity index (χ4n) is 2.89. The Morgan fingerprint density at radius 3 is 2.63 bits per heavy atom. The molecule has 0 saturated heterocycles. The maximum absolute atomic E-state index is 12.6. The van der Waals surface area contributed by atoms with E-state index in [9.17, 15) is 4.79 Å². The first kappa shape index (κ1) is 14.2. The molecule has 0 atom stereocenters. The lowest BCUT2D eigenvalue weighted by atomic mass is 9.87. The molecule has 0 aromatic carbocycles. The third-order valence-electron chi connectivity index (χ3n) is 4.12. The number of ether oxygens (including phenoxy) is 1. The van der Waals surface area contributed by atoms with Crippen LogP contribution in [-0.2, 0) is 22.5 Å². The Kier molecular flexibility index (Phi) is 4.69. The van der Waals surface area contributed by atoms with Crippen molar-refractivity contribution in [1.82, 2.24) is 14.8 Å². The summed E-state index contributed by atoms with van der Waals surface area (Å²) in [5.74, 6) is 0.896. The first-order valence-corrected chi connectivity index (χ1v) is 7.17. The molecule has 0 aliphatic heterocycles. The normalized spacial score (nSPS) is 19.1. The summed E-state index contributed by atoms with van der Waals surface area (Å²) in [5.41, 5.74) is -0.596. The van der Waals surface area contributed by atoms with Gasteiger partial charge in [0.1, 0.15) is 17.8 Å². The molecule has 2 rings (SSSR count). The minimum absolute atomic E-state index is 0.152. The number of ketones is 1. The van der Waals surface area contributed by atoms with Crippen LogP contribution in [0.25, 0.3) is 0 Å². The van der Waals surface area contributed by atoms with Crippen molar-refractivity contribution >= 4 is 5.78 Å². The van der Waals surface area contributed by atoms with Gasteiger partial charge in [-0.15, -0.1) is 0 Å². The highest BCUT2D eigenvalue weighted by Crippen LogP contribution is 2.31. The molecule has 0 spiro atoms. The van der Waals surface area contributed by atoms with E-state index in [0.29, 0.717) is 6.42 Å². The molecule has 0 radical (unpaired) electrons. The number of carbonyl (C=O) groups is 1. The highest BCUT2D eigenvalue weighted by atomic mass is 16.5. The van der Waals surface area contributed by atoms with E-state index in [1.165, 1.54) is 19.2 Å². The SMILES string of the molecule is CCn1ncnc1CC(=O)C1(OC)CCCCCC1. The van der Waals surface area contributed by atoms with Crippen molar-refractivity contribution in [3.05, 3.63) is 12.2 Å². The quantitative estimate of drug-likeness (QED) is 0.765. The average molecular weight is 265 g/mol. The molecular formula is C14H23N3O2. The maximum Gasteiger partial charge on any atom is 0.172 e. The van der Waals surface area contributed by atoms with Gasteiger partial charge in [-0.2, -0.15) is 5.10 Å². The highest BCUT2D eigenvalue weighted by molar-refractivity contribution is 5.88. The monoisotopic (exact) mass is 265 g/mol. The van der Waals surface area contributed by atoms with Crippen LogP contribution in [0.3, 0.4) is 0 Å². The van der Waals surface area contributed by atoms with Crippen LogP contribution in [0.4, 0.5) is 0 Å². The topological polar surface area (TPSA) is 57.0 Å². The van der Waals surface area contributed by atoms with Gasteiger partial charge < -0.3 is 4.74 Å². The van der Waals surface area contributed by atoms with Gasteiger partial charge in [0.05, 0.1) is 6.42 Å². The van der Waals surface area contributed by atoms with Crippen molar-refractivity contribution < 1.29 is 9.53 Å². The van der Waals surface area contributed by atoms with Crippen LogP contribution in [-0.4, -0.2) is 33.3 Å². The van der Waals surface area contributed by atoms with Gasteiger partial charge in [-0.1, -0.05) is 25.7 Å². The van der Waals surface area contributed by atoms with Gasteiger partial charge in [-0.05, 0) is 19.8 Å². The summed E-state index contributed by atoms with van der Waals surface area (Å²) in [6, 6.07) is 0. The zero-order chi connectivity index (χ0) is 13.7. The Hall–Kier alpha value is -1.23. The van der Waals surface area contributed by atoms with Crippen LogP contribution in [0.2, 0.25) is 0 Å². The number of hydrogen-bond acceptors (Lipinski definition) is 4. The van der Waals surface area contributed by atoms with E-state index in [1.54, 1.807) is 11.8 Å². The number of carbonyl (C=O) groups excluding carboxylic acids is 1. The third-order valence-corrected chi connectivity index (χ3v) is 4.12. The molecule has 0 unspecified atom stereocenters. The summed E-state index contributed by atoms with van der Waals surface area (Å²) in [7, 11) is 1.66. The van der Waals surface area contributed by atoms with E-state index in [2.05, 4.69) is 10.1 Å². The van der Waals surface area contributed by atoms with Crippen molar-refractivity contribution in [2.75, 3.05) is 7.11 Å². The zero-order valence-electron chi connectivity index (χ0n) is 11.9. The van der Waals surface area contributed by atoms with Crippen molar-refractivity contribution in [2.24, 2.45) is 0 Å². The summed E-state index contributed by atoms with van der Waals surface area (Å²) in [4.78, 5) is 16.8. The summed E-state index contributed by atoms with van der Waals surface area (Å²) >= 11 is 0. The standard InChI is InChI=1S/C14H23N3O2/c1-3-17-13(15-11-16-17)10-12(18)14(19-2)8-6-4-5-7-9-14/h11H,3-10H2,1-2H3. The molecule has 1 aliphatic carbocycles. The number of aryl methyl sites for hydroxylation is 1. The molecule has 1 heterocycles. The maximum atomic E-state index is 12.6. The van der Waals surface area contributed by atoms with Crippen molar-refractivity contribution in [3.63, 3.8) is 0 Å². The molecular weight excluding hydrogens is 242 g/mol. The van der Waals surface area contributed by atoms with E-state index < -0.39 is 5.60 Å². The Bertz CT molecular complexity index is 420. The van der Waals surface area contributed by atoms with Crippen LogP contribution in [0.15, 0.2) is 6.33 Å². The molecule has 5 nitrogen and oxygen atoms in total. The van der Waals surface area contributed by atoms with Gasteiger partial charge in [-0.25, -0.2) is 9.67 Å². The first-order chi connectivity index (χ1) is 9.22. The van der Waals surface area contributed by atoms with Gasteiger partial charge >= 0.3 is 0 Å². The summed E-state index contributed by atoms with van der Waals surface area (Å²) < 4.78 is 7.41. The Morgan fingerprint density at radius 1 is 1.37 bits per heavy atom. The molecule has 1 aliphatic rings. The molecule has 1 aromatic rings. The van der Waals surface area contributed by atoms with Crippen LogP contribution in [0.1, 0.15) is 51.3 Å². The number of hydrogen-bond donors (Lipinski definition) is 0. The number of methoxy groups -OCH3 is 1. The molecule has 1 saturated carbocycles. The van der Waals surface area contributed by atoms with Crippen LogP contribution in [0.5, 0.6) is 0 Å². The summed E-state index contributed by atoms with van der Waals surface area (Å²) in [6.45, 7) is 2.74. The van der Waals surface area contributed by atoms with E-state index in [0.717, 1.165) is 38.1 Å². The molecule has 1 fully saturated rings. The third kappa shape index (κ3) is 3.03. The average Bonchev–Trinajstić information content (AvgIpc) is 2.73. The molecule has 0 N–H and O–H groups in total. The minimum Gasteiger partial charge on any atom is -0.370 e. The molecule has 0 amide bonds. The molecule has 0 bridgehead atoms. The highest BCUT2D eigenvalue weighted by Gasteiger charge is 2.38. The predicted molar refractivity (Wildman–Crippen MR) is 71.8 cm³/mol. The fraction of sp³-hybridized carbons (Fsp3) is 0.786. The van der Waals surface area contributed by atoms with Gasteiger partial charge in [-0.3, -0.25) is 4.79 Å². The number of aromatic nitrogens is 3. The van der Waals surface area contributed by atoms with Crippen LogP contribution >= 0.6 is 0 Å². The van der Waals surface area contributed by atoms with Crippen LogP contribution in [0, 0.1) is 0 Å². The Balaban J connectivity index is 2.12. The van der Waals surface area contributed by atoms with E-state index in [4.69, 9.17) is 4.74 Å². The smallest absolute Gasteiger partial charge is 0.172 e. The lowest BCUT2D eigenvalue weighted by Crippen LogP contribution is -2.41. The molecule has 106 valence electrons. The van der Waals surface area contributed by atoms with Crippen molar-refractivity contribution in [2.45, 2.75) is 64.0 Å². The minimum atomic E-state index is -0.596. The van der Waals surface area contributed by atoms with Gasteiger partial charge in [0.15, 0.2) is 5.78 Å². The second-order valence-electron chi connectivity index (χ2n) is 5.20. The summed E-state index contributed by atoms with van der Waals surface area (Å²) in [5, 5.41) is 4.11. The predicted octanol–water partition coefficient (Wildman–Crippen LogP) is 2.15. The number of rotatable bonds is 5. The first-order valence-electron chi connectivity index (χ1n) is 7.17. The fourth-order valence-corrected chi connectivity index (χ4v) is 2.89. The lowest BCUT2D eigenvalue weighted by Gasteiger charge is -2.29. The molecule has 5 heteroatoms. The van der Waals surface area contributed by atoms with Crippen molar-refractivity contribution in [3.8, 4) is 0 Å². The van der Waals surface area contributed by atoms with Crippen molar-refractivity contribution in [1.29, 1.82) is 0 Å². The number of nitrogens with zero attached hydrogens (tertiary/aromatic N) is 3. The Morgan fingerprint density at radius 2 is 2.05 bits per heavy atom. The zero-order valence-corrected chi connectivity index (χ0v) is 11.9. The molecule has 1 aromatic heterocycles. The molecule has 19 heavy (non-hydrogen) atoms. The van der Waals surface area contributed by atoms with Gasteiger partial charge in [0.2, 0.25) is 0 Å². The van der Waals surface area contributed by atoms with Gasteiger partial charge in [0, 0.05) is 13.7 Å². The van der Waals surface area contributed by atoms with E-state index in [1.807, 2.05) is 6.92 Å². The van der Waals surface area contributed by atoms with E-state index >= 15 is 0 Å². The summed E-state index contributed by atoms with van der Waals surface area (Å²) in [6.07, 6.45) is 8.04.